The Hall–Kier alpha value is -2.63. The highest BCUT2D eigenvalue weighted by Gasteiger charge is 2.25. The van der Waals surface area contributed by atoms with Crippen molar-refractivity contribution in [2.45, 2.75) is 45.9 Å². The van der Waals surface area contributed by atoms with Crippen LogP contribution < -0.4 is 0 Å². The number of hydrogen-bond donors (Lipinski definition) is 0. The first kappa shape index (κ1) is 21.6. The predicted octanol–water partition coefficient (Wildman–Crippen LogP) is 5.02. The summed E-state index contributed by atoms with van der Waals surface area (Å²) in [7, 11) is 0. The molecule has 31 heavy (non-hydrogen) atoms. The molecule has 2 heterocycles. The van der Waals surface area contributed by atoms with Crippen LogP contribution in [0.2, 0.25) is 5.02 Å². The number of carbonyl (C=O) groups is 1. The van der Waals surface area contributed by atoms with Crippen LogP contribution in [-0.2, 0) is 17.8 Å². The number of aromatic nitrogens is 2. The fraction of sp³-hybridized carbons (Fsp3) is 0.360. The Morgan fingerprint density at radius 2 is 2.03 bits per heavy atom. The predicted molar refractivity (Wildman–Crippen MR) is 122 cm³/mol. The molecular formula is C25H28ClN3O2. The van der Waals surface area contributed by atoms with Crippen LogP contribution in [0.4, 0.5) is 0 Å². The molecule has 0 radical (unpaired) electrons. The van der Waals surface area contributed by atoms with Crippen LogP contribution in [0.5, 0.6) is 0 Å². The first-order valence-corrected chi connectivity index (χ1v) is 11.1. The summed E-state index contributed by atoms with van der Waals surface area (Å²) in [5.74, 6) is 0.828. The average molecular weight is 438 g/mol. The second kappa shape index (κ2) is 9.67. The lowest BCUT2D eigenvalue weighted by molar-refractivity contribution is 0.0499. The van der Waals surface area contributed by atoms with Crippen molar-refractivity contribution >= 4 is 17.5 Å². The largest absolute Gasteiger partial charge is 0.376 e. The molecule has 1 aliphatic rings. The maximum absolute atomic E-state index is 13.3. The number of ether oxygens (including phenoxy) is 1. The van der Waals surface area contributed by atoms with Crippen LogP contribution in [-0.4, -0.2) is 39.6 Å². The molecule has 0 N–H and O–H groups in total. The number of aryl methyl sites for hydroxylation is 2. The van der Waals surface area contributed by atoms with Crippen molar-refractivity contribution < 1.29 is 9.53 Å². The van der Waals surface area contributed by atoms with Gasteiger partial charge in [0, 0.05) is 42.7 Å². The van der Waals surface area contributed by atoms with Gasteiger partial charge in [0.25, 0.3) is 5.91 Å². The molecule has 1 unspecified atom stereocenters. The third-order valence-corrected chi connectivity index (χ3v) is 6.06. The van der Waals surface area contributed by atoms with E-state index in [0.717, 1.165) is 31.8 Å². The van der Waals surface area contributed by atoms with Gasteiger partial charge in [-0.15, -0.1) is 0 Å². The number of benzene rings is 2. The van der Waals surface area contributed by atoms with Crippen molar-refractivity contribution in [3.05, 3.63) is 88.0 Å². The Labute approximate surface area is 188 Å². The lowest BCUT2D eigenvalue weighted by Gasteiger charge is -2.26. The molecule has 3 aromatic rings. The minimum atomic E-state index is -0.0338. The fourth-order valence-electron chi connectivity index (χ4n) is 3.99. The topological polar surface area (TPSA) is 47.4 Å². The zero-order valence-corrected chi connectivity index (χ0v) is 18.8. The minimum Gasteiger partial charge on any atom is -0.376 e. The highest BCUT2D eigenvalue weighted by atomic mass is 35.5. The molecule has 0 bridgehead atoms. The summed E-state index contributed by atoms with van der Waals surface area (Å²) in [6.07, 6.45) is 5.86. The number of hydrogen-bond acceptors (Lipinski definition) is 3. The molecule has 2 aromatic carbocycles. The van der Waals surface area contributed by atoms with E-state index in [9.17, 15) is 4.79 Å². The summed E-state index contributed by atoms with van der Waals surface area (Å²) in [6.45, 7) is 6.70. The monoisotopic (exact) mass is 437 g/mol. The van der Waals surface area contributed by atoms with Gasteiger partial charge in [-0.2, -0.15) is 0 Å². The van der Waals surface area contributed by atoms with E-state index < -0.39 is 0 Å². The normalized spacial score (nSPS) is 15.9. The van der Waals surface area contributed by atoms with E-state index in [1.165, 1.54) is 16.7 Å². The third-order valence-electron chi connectivity index (χ3n) is 5.81. The number of nitrogens with zero attached hydrogens (tertiary/aromatic N) is 3. The van der Waals surface area contributed by atoms with Gasteiger partial charge in [0.2, 0.25) is 0 Å². The maximum Gasteiger partial charge on any atom is 0.254 e. The Morgan fingerprint density at radius 1 is 1.23 bits per heavy atom. The van der Waals surface area contributed by atoms with E-state index in [-0.39, 0.29) is 12.0 Å². The van der Waals surface area contributed by atoms with Gasteiger partial charge < -0.3 is 14.2 Å². The zero-order chi connectivity index (χ0) is 21.8. The van der Waals surface area contributed by atoms with E-state index >= 15 is 0 Å². The quantitative estimate of drug-likeness (QED) is 0.521. The summed E-state index contributed by atoms with van der Waals surface area (Å²) >= 11 is 6.01. The first-order chi connectivity index (χ1) is 15.0. The van der Waals surface area contributed by atoms with Gasteiger partial charge in [0.05, 0.1) is 12.6 Å². The smallest absolute Gasteiger partial charge is 0.254 e. The molecule has 0 spiro atoms. The van der Waals surface area contributed by atoms with Crippen molar-refractivity contribution in [2.24, 2.45) is 0 Å². The maximum atomic E-state index is 13.3. The molecule has 5 nitrogen and oxygen atoms in total. The second-order valence-electron chi connectivity index (χ2n) is 8.23. The molecule has 1 atom stereocenters. The summed E-state index contributed by atoms with van der Waals surface area (Å²) in [5, 5.41) is 0.617. The van der Waals surface area contributed by atoms with E-state index in [1.807, 2.05) is 11.1 Å². The van der Waals surface area contributed by atoms with Gasteiger partial charge in [-0.05, 0) is 62.1 Å². The SMILES string of the molecule is Cc1ccc(C)c(Cn2ccnc2CN(CC2CCCO2)C(=O)c2ccc(Cl)cc2)c1. The summed E-state index contributed by atoms with van der Waals surface area (Å²) in [4.78, 5) is 19.8. The Kier molecular flexibility index (Phi) is 6.73. The van der Waals surface area contributed by atoms with Crippen molar-refractivity contribution in [1.29, 1.82) is 0 Å². The highest BCUT2D eigenvalue weighted by molar-refractivity contribution is 6.30. The van der Waals surface area contributed by atoms with Crippen LogP contribution >= 0.6 is 11.6 Å². The van der Waals surface area contributed by atoms with Crippen molar-refractivity contribution in [3.63, 3.8) is 0 Å². The molecule has 162 valence electrons. The second-order valence-corrected chi connectivity index (χ2v) is 8.67. The molecular weight excluding hydrogens is 410 g/mol. The van der Waals surface area contributed by atoms with Crippen molar-refractivity contribution in [3.8, 4) is 0 Å². The Morgan fingerprint density at radius 3 is 2.77 bits per heavy atom. The number of halogens is 1. The van der Waals surface area contributed by atoms with Crippen LogP contribution in [0.15, 0.2) is 54.9 Å². The molecule has 1 amide bonds. The highest BCUT2D eigenvalue weighted by Crippen LogP contribution is 2.19. The summed E-state index contributed by atoms with van der Waals surface area (Å²) < 4.78 is 7.94. The fourth-order valence-corrected chi connectivity index (χ4v) is 4.11. The first-order valence-electron chi connectivity index (χ1n) is 10.7. The number of imidazole rings is 1. The molecule has 1 aliphatic heterocycles. The standard InChI is InChI=1S/C25H28ClN3O2/c1-18-5-6-19(2)21(14-18)15-28-12-11-27-24(28)17-29(16-23-4-3-13-31-23)25(30)20-7-9-22(26)10-8-20/h5-12,14,23H,3-4,13,15-17H2,1-2H3. The molecule has 1 fully saturated rings. The van der Waals surface area contributed by atoms with Crippen LogP contribution in [0.1, 0.15) is 45.7 Å². The minimum absolute atomic E-state index is 0.0338. The van der Waals surface area contributed by atoms with Crippen molar-refractivity contribution in [2.75, 3.05) is 13.2 Å². The van der Waals surface area contributed by atoms with Gasteiger partial charge in [-0.25, -0.2) is 4.98 Å². The Bertz CT molecular complexity index is 1040. The average Bonchev–Trinajstić information content (AvgIpc) is 3.43. The van der Waals surface area contributed by atoms with Crippen LogP contribution in [0.3, 0.4) is 0 Å². The van der Waals surface area contributed by atoms with Crippen molar-refractivity contribution in [1.82, 2.24) is 14.5 Å². The molecule has 1 saturated heterocycles. The number of rotatable bonds is 7. The molecule has 4 rings (SSSR count). The van der Waals surface area contributed by atoms with Gasteiger partial charge >= 0.3 is 0 Å². The lowest BCUT2D eigenvalue weighted by Crippen LogP contribution is -2.37. The van der Waals surface area contributed by atoms with E-state index in [4.69, 9.17) is 16.3 Å². The van der Waals surface area contributed by atoms with Gasteiger partial charge in [-0.1, -0.05) is 35.4 Å². The van der Waals surface area contributed by atoms with E-state index in [0.29, 0.717) is 23.7 Å². The van der Waals surface area contributed by atoms with E-state index in [2.05, 4.69) is 41.6 Å². The lowest BCUT2D eigenvalue weighted by atomic mass is 10.1. The zero-order valence-electron chi connectivity index (χ0n) is 18.1. The molecule has 0 saturated carbocycles. The van der Waals surface area contributed by atoms with Gasteiger partial charge in [-0.3, -0.25) is 4.79 Å². The Balaban J connectivity index is 1.57. The third kappa shape index (κ3) is 5.35. The number of amides is 1. The molecule has 1 aromatic heterocycles. The van der Waals surface area contributed by atoms with Crippen LogP contribution in [0, 0.1) is 13.8 Å². The van der Waals surface area contributed by atoms with Crippen LogP contribution in [0.25, 0.3) is 0 Å². The van der Waals surface area contributed by atoms with Gasteiger partial charge in [0.15, 0.2) is 0 Å². The van der Waals surface area contributed by atoms with E-state index in [1.54, 1.807) is 30.5 Å². The molecule has 6 heteroatoms. The van der Waals surface area contributed by atoms with Gasteiger partial charge in [0.1, 0.15) is 5.82 Å². The molecule has 0 aliphatic carbocycles. The summed E-state index contributed by atoms with van der Waals surface area (Å²) in [6, 6.07) is 13.5. The number of carbonyl (C=O) groups excluding carboxylic acids is 1. The summed E-state index contributed by atoms with van der Waals surface area (Å²) in [5.41, 5.74) is 4.36.